The molecule has 1 atom stereocenters. The number of aliphatic hydroxyl groups is 1. The van der Waals surface area contributed by atoms with Crippen LogP contribution >= 0.6 is 0 Å². The first-order chi connectivity index (χ1) is 14.2. The van der Waals surface area contributed by atoms with Gasteiger partial charge in [-0.25, -0.2) is 4.79 Å². The molecule has 0 bridgehead atoms. The Morgan fingerprint density at radius 2 is 1.48 bits per heavy atom. The number of fused-ring (bicyclic) bond motifs is 3. The maximum Gasteiger partial charge on any atom is 0.410 e. The standard InChI is InChI=1S/C25H25NO3/c1-26(24(15-16-27)18-9-3-2-4-10-18)25(28)29-17-23-21-13-7-5-11-19(21)20-12-6-8-14-22(20)23/h2-14,23-24,27H,15-17H2,1H3/t24-/m1/s1. The normalized spacial score (nSPS) is 13.4. The van der Waals surface area contributed by atoms with Gasteiger partial charge in [0.2, 0.25) is 0 Å². The van der Waals surface area contributed by atoms with Gasteiger partial charge in [-0.2, -0.15) is 0 Å². The predicted octanol–water partition coefficient (Wildman–Crippen LogP) is 4.99. The summed E-state index contributed by atoms with van der Waals surface area (Å²) in [5.41, 5.74) is 5.79. The summed E-state index contributed by atoms with van der Waals surface area (Å²) in [4.78, 5) is 14.4. The Morgan fingerprint density at radius 1 is 0.931 bits per heavy atom. The lowest BCUT2D eigenvalue weighted by atomic mass is 9.98. The first-order valence-corrected chi connectivity index (χ1v) is 9.94. The Hall–Kier alpha value is -3.11. The third-order valence-corrected chi connectivity index (χ3v) is 5.68. The van der Waals surface area contributed by atoms with Gasteiger partial charge in [-0.15, -0.1) is 0 Å². The van der Waals surface area contributed by atoms with Gasteiger partial charge in [0.1, 0.15) is 6.61 Å². The fraction of sp³-hybridized carbons (Fsp3) is 0.240. The summed E-state index contributed by atoms with van der Waals surface area (Å²) < 4.78 is 5.76. The summed E-state index contributed by atoms with van der Waals surface area (Å²) in [7, 11) is 1.73. The summed E-state index contributed by atoms with van der Waals surface area (Å²) in [6.45, 7) is 0.290. The summed E-state index contributed by atoms with van der Waals surface area (Å²) in [6.07, 6.45) is 0.0826. The van der Waals surface area contributed by atoms with Crippen LogP contribution in [0.5, 0.6) is 0 Å². The van der Waals surface area contributed by atoms with Crippen LogP contribution in [0.2, 0.25) is 0 Å². The van der Waals surface area contributed by atoms with Crippen molar-refractivity contribution < 1.29 is 14.6 Å². The van der Waals surface area contributed by atoms with Crippen LogP contribution in [0.25, 0.3) is 11.1 Å². The molecule has 4 nitrogen and oxygen atoms in total. The van der Waals surface area contributed by atoms with Crippen LogP contribution in [0.3, 0.4) is 0 Å². The molecule has 0 spiro atoms. The molecule has 0 saturated carbocycles. The minimum absolute atomic E-state index is 0.000552. The first-order valence-electron chi connectivity index (χ1n) is 9.94. The van der Waals surface area contributed by atoms with E-state index in [4.69, 9.17) is 4.74 Å². The minimum atomic E-state index is -0.380. The van der Waals surface area contributed by atoms with E-state index in [0.29, 0.717) is 6.42 Å². The topological polar surface area (TPSA) is 49.8 Å². The van der Waals surface area contributed by atoms with E-state index < -0.39 is 0 Å². The summed E-state index contributed by atoms with van der Waals surface area (Å²) in [5.74, 6) is 0.0350. The minimum Gasteiger partial charge on any atom is -0.448 e. The molecule has 1 aliphatic rings. The molecule has 0 radical (unpaired) electrons. The highest BCUT2D eigenvalue weighted by molar-refractivity contribution is 5.79. The molecule has 148 valence electrons. The van der Waals surface area contributed by atoms with Crippen LogP contribution in [-0.2, 0) is 4.74 Å². The number of amides is 1. The van der Waals surface area contributed by atoms with E-state index in [1.54, 1.807) is 11.9 Å². The number of carbonyl (C=O) groups excluding carboxylic acids is 1. The summed E-state index contributed by atoms with van der Waals surface area (Å²) >= 11 is 0. The molecular weight excluding hydrogens is 362 g/mol. The number of nitrogens with zero attached hydrogens (tertiary/aromatic N) is 1. The zero-order valence-corrected chi connectivity index (χ0v) is 16.5. The number of ether oxygens (including phenoxy) is 1. The summed E-state index contributed by atoms with van der Waals surface area (Å²) in [6, 6.07) is 26.1. The van der Waals surface area contributed by atoms with Crippen molar-refractivity contribution in [3.8, 4) is 11.1 Å². The zero-order valence-electron chi connectivity index (χ0n) is 16.5. The van der Waals surface area contributed by atoms with Gasteiger partial charge in [0, 0.05) is 19.6 Å². The van der Waals surface area contributed by atoms with Crippen molar-refractivity contribution in [3.05, 3.63) is 95.6 Å². The smallest absolute Gasteiger partial charge is 0.410 e. The second kappa shape index (κ2) is 8.50. The number of carbonyl (C=O) groups is 1. The lowest BCUT2D eigenvalue weighted by Gasteiger charge is -2.28. The Balaban J connectivity index is 1.51. The highest BCUT2D eigenvalue weighted by Crippen LogP contribution is 2.44. The van der Waals surface area contributed by atoms with Gasteiger partial charge in [0.15, 0.2) is 0 Å². The van der Waals surface area contributed by atoms with Crippen molar-refractivity contribution in [1.29, 1.82) is 0 Å². The second-order valence-corrected chi connectivity index (χ2v) is 7.35. The fourth-order valence-electron chi connectivity index (χ4n) is 4.20. The zero-order chi connectivity index (χ0) is 20.2. The fourth-order valence-corrected chi connectivity index (χ4v) is 4.20. The Kier molecular flexibility index (Phi) is 5.63. The van der Waals surface area contributed by atoms with Crippen LogP contribution in [0.1, 0.15) is 35.1 Å². The summed E-state index contributed by atoms with van der Waals surface area (Å²) in [5, 5.41) is 9.47. The third kappa shape index (κ3) is 3.76. The Labute approximate surface area is 171 Å². The average Bonchev–Trinajstić information content (AvgIpc) is 3.10. The molecule has 0 aliphatic heterocycles. The highest BCUT2D eigenvalue weighted by atomic mass is 16.6. The lowest BCUT2D eigenvalue weighted by Crippen LogP contribution is -2.33. The number of hydrogen-bond acceptors (Lipinski definition) is 3. The molecule has 4 heteroatoms. The molecular formula is C25H25NO3. The van der Waals surface area contributed by atoms with Crippen molar-refractivity contribution >= 4 is 6.09 Å². The first kappa shape index (κ1) is 19.2. The molecule has 0 heterocycles. The van der Waals surface area contributed by atoms with Crippen molar-refractivity contribution in [2.75, 3.05) is 20.3 Å². The van der Waals surface area contributed by atoms with E-state index in [1.165, 1.54) is 22.3 Å². The third-order valence-electron chi connectivity index (χ3n) is 5.68. The molecule has 4 rings (SSSR count). The van der Waals surface area contributed by atoms with E-state index in [-0.39, 0.29) is 31.3 Å². The molecule has 1 N–H and O–H groups in total. The molecule has 3 aromatic rings. The van der Waals surface area contributed by atoms with Crippen molar-refractivity contribution in [2.45, 2.75) is 18.4 Å². The number of hydrogen-bond donors (Lipinski definition) is 1. The van der Waals surface area contributed by atoms with E-state index in [2.05, 4.69) is 24.3 Å². The SMILES string of the molecule is CN(C(=O)OCC1c2ccccc2-c2ccccc21)[C@H](CCO)c1ccccc1. The quantitative estimate of drug-likeness (QED) is 0.648. The lowest BCUT2D eigenvalue weighted by molar-refractivity contribution is 0.0885. The van der Waals surface area contributed by atoms with E-state index in [0.717, 1.165) is 5.56 Å². The van der Waals surface area contributed by atoms with E-state index in [9.17, 15) is 9.90 Å². The maximum atomic E-state index is 12.8. The van der Waals surface area contributed by atoms with Crippen molar-refractivity contribution in [2.24, 2.45) is 0 Å². The maximum absolute atomic E-state index is 12.8. The Morgan fingerprint density at radius 3 is 2.07 bits per heavy atom. The van der Waals surface area contributed by atoms with Gasteiger partial charge in [0.25, 0.3) is 0 Å². The number of rotatable bonds is 6. The van der Waals surface area contributed by atoms with E-state index >= 15 is 0 Å². The molecule has 0 unspecified atom stereocenters. The molecule has 1 aliphatic carbocycles. The number of aliphatic hydroxyl groups excluding tert-OH is 1. The van der Waals surface area contributed by atoms with Gasteiger partial charge in [-0.05, 0) is 34.2 Å². The van der Waals surface area contributed by atoms with Crippen LogP contribution in [-0.4, -0.2) is 36.4 Å². The monoisotopic (exact) mass is 387 g/mol. The molecule has 29 heavy (non-hydrogen) atoms. The van der Waals surface area contributed by atoms with Crippen molar-refractivity contribution in [1.82, 2.24) is 4.90 Å². The highest BCUT2D eigenvalue weighted by Gasteiger charge is 2.30. The van der Waals surface area contributed by atoms with Gasteiger partial charge in [-0.3, -0.25) is 0 Å². The largest absolute Gasteiger partial charge is 0.448 e. The van der Waals surface area contributed by atoms with Crippen LogP contribution in [0, 0.1) is 0 Å². The van der Waals surface area contributed by atoms with Crippen LogP contribution < -0.4 is 0 Å². The molecule has 3 aromatic carbocycles. The molecule has 1 amide bonds. The molecule has 0 aromatic heterocycles. The Bertz CT molecular complexity index is 941. The van der Waals surface area contributed by atoms with Gasteiger partial charge in [-0.1, -0.05) is 78.9 Å². The van der Waals surface area contributed by atoms with Crippen molar-refractivity contribution in [3.63, 3.8) is 0 Å². The van der Waals surface area contributed by atoms with Gasteiger partial charge < -0.3 is 14.7 Å². The van der Waals surface area contributed by atoms with Crippen LogP contribution in [0.4, 0.5) is 4.79 Å². The molecule has 0 saturated heterocycles. The second-order valence-electron chi connectivity index (χ2n) is 7.35. The van der Waals surface area contributed by atoms with Crippen LogP contribution in [0.15, 0.2) is 78.9 Å². The van der Waals surface area contributed by atoms with Gasteiger partial charge >= 0.3 is 6.09 Å². The molecule has 0 fully saturated rings. The van der Waals surface area contributed by atoms with E-state index in [1.807, 2.05) is 54.6 Å². The van der Waals surface area contributed by atoms with Gasteiger partial charge in [0.05, 0.1) is 6.04 Å². The average molecular weight is 387 g/mol. The predicted molar refractivity (Wildman–Crippen MR) is 114 cm³/mol. The number of benzene rings is 3.